The number of anilines is 1. The molecule has 1 rings (SSSR count). The second-order valence-corrected chi connectivity index (χ2v) is 3.30. The van der Waals surface area contributed by atoms with Crippen LogP contribution in [-0.4, -0.2) is 19.5 Å². The molecule has 0 amide bonds. The van der Waals surface area contributed by atoms with E-state index < -0.39 is 24.6 Å². The van der Waals surface area contributed by atoms with Gasteiger partial charge in [-0.05, 0) is 18.6 Å². The number of hydrogen-bond acceptors (Lipinski definition) is 2. The lowest BCUT2D eigenvalue weighted by atomic mass is 10.2. The van der Waals surface area contributed by atoms with E-state index in [2.05, 4.69) is 10.1 Å². The summed E-state index contributed by atoms with van der Waals surface area (Å²) in [6, 6.07) is 1.85. The molecule has 0 atom stereocenters. The highest BCUT2D eigenvalue weighted by Gasteiger charge is 2.28. The fraction of sp³-hybridized carbons (Fsp3) is 0.400. The standard InChI is InChI=1S/C10H10F5NO/c1-6-4-8(12)9(5-7(6)11)16-2-3-17-10(13,14)15/h4-5,16H,2-3H2,1H3. The molecule has 0 aliphatic heterocycles. The summed E-state index contributed by atoms with van der Waals surface area (Å²) in [6.07, 6.45) is -4.72. The van der Waals surface area contributed by atoms with E-state index in [1.807, 2.05) is 0 Å². The summed E-state index contributed by atoms with van der Waals surface area (Å²) in [7, 11) is 0. The zero-order valence-electron chi connectivity index (χ0n) is 8.87. The molecule has 0 aromatic heterocycles. The van der Waals surface area contributed by atoms with Crippen molar-refractivity contribution in [3.8, 4) is 0 Å². The van der Waals surface area contributed by atoms with Gasteiger partial charge in [0.05, 0.1) is 12.3 Å². The molecule has 0 saturated heterocycles. The molecule has 0 fully saturated rings. The number of hydrogen-bond donors (Lipinski definition) is 1. The van der Waals surface area contributed by atoms with Crippen molar-refractivity contribution in [3.63, 3.8) is 0 Å². The first kappa shape index (κ1) is 13.7. The zero-order chi connectivity index (χ0) is 13.1. The molecular formula is C10H10F5NO. The van der Waals surface area contributed by atoms with Crippen LogP contribution in [0.5, 0.6) is 0 Å². The van der Waals surface area contributed by atoms with Crippen molar-refractivity contribution in [2.45, 2.75) is 13.3 Å². The number of ether oxygens (including phenoxy) is 1. The second-order valence-electron chi connectivity index (χ2n) is 3.30. The largest absolute Gasteiger partial charge is 0.522 e. The van der Waals surface area contributed by atoms with Crippen LogP contribution < -0.4 is 5.32 Å². The molecule has 2 nitrogen and oxygen atoms in total. The molecule has 1 aromatic carbocycles. The van der Waals surface area contributed by atoms with Crippen LogP contribution in [0.2, 0.25) is 0 Å². The molecule has 0 spiro atoms. The van der Waals surface area contributed by atoms with Gasteiger partial charge in [-0.1, -0.05) is 0 Å². The maximum atomic E-state index is 13.2. The van der Waals surface area contributed by atoms with E-state index in [-0.39, 0.29) is 17.8 Å². The Kier molecular flexibility index (Phi) is 4.28. The zero-order valence-corrected chi connectivity index (χ0v) is 8.87. The number of rotatable bonds is 4. The summed E-state index contributed by atoms with van der Waals surface area (Å²) in [5.41, 5.74) is -0.0709. The third-order valence-electron chi connectivity index (χ3n) is 1.93. The molecule has 0 radical (unpaired) electrons. The second kappa shape index (κ2) is 5.31. The number of alkyl halides is 3. The fourth-order valence-corrected chi connectivity index (χ4v) is 1.13. The minimum absolute atomic E-state index is 0.125. The van der Waals surface area contributed by atoms with Gasteiger partial charge >= 0.3 is 6.36 Å². The van der Waals surface area contributed by atoms with Crippen LogP contribution >= 0.6 is 0 Å². The van der Waals surface area contributed by atoms with Gasteiger partial charge in [-0.3, -0.25) is 4.74 Å². The Morgan fingerprint density at radius 1 is 1.18 bits per heavy atom. The smallest absolute Gasteiger partial charge is 0.380 e. The summed E-state index contributed by atoms with van der Waals surface area (Å²) in [5, 5.41) is 2.31. The van der Waals surface area contributed by atoms with Crippen LogP contribution in [-0.2, 0) is 4.74 Å². The van der Waals surface area contributed by atoms with Gasteiger partial charge in [0.25, 0.3) is 0 Å². The van der Waals surface area contributed by atoms with E-state index in [0.717, 1.165) is 12.1 Å². The van der Waals surface area contributed by atoms with Crippen molar-refractivity contribution in [3.05, 3.63) is 29.3 Å². The van der Waals surface area contributed by atoms with E-state index in [1.54, 1.807) is 0 Å². The molecule has 1 aromatic rings. The Labute approximate surface area is 94.4 Å². The van der Waals surface area contributed by atoms with E-state index in [4.69, 9.17) is 0 Å². The lowest BCUT2D eigenvalue weighted by molar-refractivity contribution is -0.322. The van der Waals surface area contributed by atoms with Gasteiger partial charge < -0.3 is 5.32 Å². The molecule has 0 saturated carbocycles. The Balaban J connectivity index is 2.50. The topological polar surface area (TPSA) is 21.3 Å². The van der Waals surface area contributed by atoms with Gasteiger partial charge in [0.2, 0.25) is 0 Å². The average molecular weight is 255 g/mol. The van der Waals surface area contributed by atoms with Crippen molar-refractivity contribution in [1.29, 1.82) is 0 Å². The summed E-state index contributed by atoms with van der Waals surface area (Å²) in [4.78, 5) is 0. The van der Waals surface area contributed by atoms with Crippen LogP contribution in [0, 0.1) is 18.6 Å². The first-order valence-corrected chi connectivity index (χ1v) is 4.70. The Hall–Kier alpha value is -1.37. The minimum atomic E-state index is -4.72. The summed E-state index contributed by atoms with van der Waals surface area (Å²) < 4.78 is 64.5. The first-order chi connectivity index (χ1) is 7.79. The van der Waals surface area contributed by atoms with Crippen LogP contribution in [0.1, 0.15) is 5.56 Å². The predicted molar refractivity (Wildman–Crippen MR) is 51.6 cm³/mol. The monoisotopic (exact) mass is 255 g/mol. The fourth-order valence-electron chi connectivity index (χ4n) is 1.13. The Morgan fingerprint density at radius 3 is 2.41 bits per heavy atom. The van der Waals surface area contributed by atoms with Crippen molar-refractivity contribution in [2.24, 2.45) is 0 Å². The Morgan fingerprint density at radius 2 is 1.82 bits per heavy atom. The van der Waals surface area contributed by atoms with Gasteiger partial charge in [-0.25, -0.2) is 8.78 Å². The number of nitrogens with one attached hydrogen (secondary N) is 1. The highest BCUT2D eigenvalue weighted by molar-refractivity contribution is 5.46. The SMILES string of the molecule is Cc1cc(F)c(NCCOC(F)(F)F)cc1F. The maximum Gasteiger partial charge on any atom is 0.522 e. The minimum Gasteiger partial charge on any atom is -0.380 e. The normalized spacial score (nSPS) is 11.6. The lowest BCUT2D eigenvalue weighted by Crippen LogP contribution is -2.19. The average Bonchev–Trinajstić information content (AvgIpc) is 2.18. The summed E-state index contributed by atoms with van der Waals surface area (Å²) in [5.74, 6) is -1.36. The lowest BCUT2D eigenvalue weighted by Gasteiger charge is -2.10. The molecule has 1 N–H and O–H groups in total. The van der Waals surface area contributed by atoms with E-state index >= 15 is 0 Å². The van der Waals surface area contributed by atoms with Crippen molar-refractivity contribution in [2.75, 3.05) is 18.5 Å². The van der Waals surface area contributed by atoms with Gasteiger partial charge in [-0.2, -0.15) is 0 Å². The van der Waals surface area contributed by atoms with E-state index in [0.29, 0.717) is 0 Å². The number of benzene rings is 1. The quantitative estimate of drug-likeness (QED) is 0.658. The summed E-state index contributed by atoms with van der Waals surface area (Å²) in [6.45, 7) is 0.423. The van der Waals surface area contributed by atoms with Crippen LogP contribution in [0.3, 0.4) is 0 Å². The van der Waals surface area contributed by atoms with Crippen LogP contribution in [0.4, 0.5) is 27.6 Å². The maximum absolute atomic E-state index is 13.2. The van der Waals surface area contributed by atoms with Gasteiger partial charge in [0, 0.05) is 12.6 Å². The van der Waals surface area contributed by atoms with Crippen molar-refractivity contribution >= 4 is 5.69 Å². The first-order valence-electron chi connectivity index (χ1n) is 4.70. The van der Waals surface area contributed by atoms with Gasteiger partial charge in [0.1, 0.15) is 11.6 Å². The molecular weight excluding hydrogens is 245 g/mol. The molecule has 0 aliphatic rings. The molecule has 0 bridgehead atoms. The molecule has 17 heavy (non-hydrogen) atoms. The van der Waals surface area contributed by atoms with Crippen LogP contribution in [0.25, 0.3) is 0 Å². The van der Waals surface area contributed by atoms with Crippen molar-refractivity contribution < 1.29 is 26.7 Å². The molecule has 96 valence electrons. The third kappa shape index (κ3) is 4.56. The van der Waals surface area contributed by atoms with Gasteiger partial charge in [-0.15, -0.1) is 13.2 Å². The molecule has 0 unspecified atom stereocenters. The Bertz CT molecular complexity index is 391. The van der Waals surface area contributed by atoms with Crippen molar-refractivity contribution in [1.82, 2.24) is 0 Å². The molecule has 0 heterocycles. The van der Waals surface area contributed by atoms with Gasteiger partial charge in [0.15, 0.2) is 0 Å². The third-order valence-corrected chi connectivity index (χ3v) is 1.93. The number of halogens is 5. The molecule has 0 aliphatic carbocycles. The molecule has 7 heteroatoms. The summed E-state index contributed by atoms with van der Waals surface area (Å²) >= 11 is 0. The predicted octanol–water partition coefficient (Wildman–Crippen LogP) is 3.22. The van der Waals surface area contributed by atoms with E-state index in [1.165, 1.54) is 6.92 Å². The number of aryl methyl sites for hydroxylation is 1. The van der Waals surface area contributed by atoms with Crippen LogP contribution in [0.15, 0.2) is 12.1 Å². The highest BCUT2D eigenvalue weighted by Crippen LogP contribution is 2.19. The highest BCUT2D eigenvalue weighted by atomic mass is 19.4. The van der Waals surface area contributed by atoms with E-state index in [9.17, 15) is 22.0 Å².